The molecule has 0 bridgehead atoms. The highest BCUT2D eigenvalue weighted by Crippen LogP contribution is 2.29. The fourth-order valence-corrected chi connectivity index (χ4v) is 3.24. The second-order valence-corrected chi connectivity index (χ2v) is 6.81. The van der Waals surface area contributed by atoms with E-state index >= 15 is 0 Å². The van der Waals surface area contributed by atoms with Crippen LogP contribution in [0.5, 0.6) is 0 Å². The summed E-state index contributed by atoms with van der Waals surface area (Å²) in [7, 11) is 1.54. The zero-order valence-electron chi connectivity index (χ0n) is 16.1. The molecule has 3 rings (SSSR count). The van der Waals surface area contributed by atoms with Crippen LogP contribution in [0.2, 0.25) is 0 Å². The van der Waals surface area contributed by atoms with Crippen LogP contribution in [0.1, 0.15) is 22.3 Å². The number of guanidine groups is 1. The van der Waals surface area contributed by atoms with Crippen LogP contribution in [0, 0.1) is 0 Å². The number of hydrogen-bond donors (Lipinski definition) is 2. The van der Waals surface area contributed by atoms with Gasteiger partial charge in [0.25, 0.3) is 0 Å². The lowest BCUT2D eigenvalue weighted by molar-refractivity contribution is -0.137. The molecule has 0 aliphatic carbocycles. The number of hydrogen-bond acceptors (Lipinski definition) is 2. The number of amides is 1. The molecule has 2 aromatic carbocycles. The standard InChI is InChI=1S/C21H23F3N4O/c1-25-20(26-12-15-5-4-8-18(11-15)21(22,23)24)27-13-19(29)28-10-9-16-6-2-3-7-17(16)14-28/h2-8,11H,9-10,12-14H2,1H3,(H2,25,26,27). The predicted octanol–water partition coefficient (Wildman–Crippen LogP) is 2.96. The van der Waals surface area contributed by atoms with Crippen molar-refractivity contribution in [1.82, 2.24) is 15.5 Å². The van der Waals surface area contributed by atoms with Crippen LogP contribution in [-0.4, -0.2) is 36.9 Å². The molecule has 0 aromatic heterocycles. The largest absolute Gasteiger partial charge is 0.416 e. The number of aliphatic imine (C=N–C) groups is 1. The van der Waals surface area contributed by atoms with Crippen molar-refractivity contribution < 1.29 is 18.0 Å². The van der Waals surface area contributed by atoms with Crippen LogP contribution in [0.3, 0.4) is 0 Å². The van der Waals surface area contributed by atoms with Crippen molar-refractivity contribution in [3.8, 4) is 0 Å². The second-order valence-electron chi connectivity index (χ2n) is 6.81. The molecule has 154 valence electrons. The molecule has 1 aliphatic heterocycles. The summed E-state index contributed by atoms with van der Waals surface area (Å²) in [4.78, 5) is 18.3. The van der Waals surface area contributed by atoms with Crippen molar-refractivity contribution in [2.45, 2.75) is 25.7 Å². The van der Waals surface area contributed by atoms with Gasteiger partial charge in [0.1, 0.15) is 0 Å². The van der Waals surface area contributed by atoms with E-state index < -0.39 is 11.7 Å². The first-order valence-electron chi connectivity index (χ1n) is 9.32. The van der Waals surface area contributed by atoms with Crippen molar-refractivity contribution in [2.24, 2.45) is 4.99 Å². The Morgan fingerprint density at radius 3 is 2.59 bits per heavy atom. The number of nitrogens with one attached hydrogen (secondary N) is 2. The first-order chi connectivity index (χ1) is 13.9. The van der Waals surface area contributed by atoms with Crippen molar-refractivity contribution in [3.05, 3.63) is 70.8 Å². The van der Waals surface area contributed by atoms with Crippen LogP contribution >= 0.6 is 0 Å². The van der Waals surface area contributed by atoms with E-state index in [1.54, 1.807) is 18.0 Å². The molecule has 0 fully saturated rings. The minimum Gasteiger partial charge on any atom is -0.352 e. The summed E-state index contributed by atoms with van der Waals surface area (Å²) in [5.74, 6) is 0.301. The lowest BCUT2D eigenvalue weighted by Gasteiger charge is -2.29. The van der Waals surface area contributed by atoms with Crippen LogP contribution < -0.4 is 10.6 Å². The average Bonchev–Trinajstić information content (AvgIpc) is 2.73. The van der Waals surface area contributed by atoms with Gasteiger partial charge in [-0.3, -0.25) is 9.79 Å². The second kappa shape index (κ2) is 8.98. The zero-order chi connectivity index (χ0) is 20.9. The molecule has 1 amide bonds. The van der Waals surface area contributed by atoms with Gasteiger partial charge < -0.3 is 15.5 Å². The minimum absolute atomic E-state index is 0.0541. The van der Waals surface area contributed by atoms with Gasteiger partial charge in [-0.25, -0.2) is 0 Å². The Bertz CT molecular complexity index is 895. The van der Waals surface area contributed by atoms with Gasteiger partial charge in [0.2, 0.25) is 5.91 Å². The first-order valence-corrected chi connectivity index (χ1v) is 9.32. The van der Waals surface area contributed by atoms with E-state index in [4.69, 9.17) is 0 Å². The molecule has 0 spiro atoms. The molecular formula is C21H23F3N4O. The Labute approximate surface area is 167 Å². The lowest BCUT2D eigenvalue weighted by atomic mass is 10.00. The molecule has 0 radical (unpaired) electrons. The van der Waals surface area contributed by atoms with E-state index in [9.17, 15) is 18.0 Å². The third kappa shape index (κ3) is 5.49. The van der Waals surface area contributed by atoms with Crippen molar-refractivity contribution in [2.75, 3.05) is 20.1 Å². The smallest absolute Gasteiger partial charge is 0.352 e. The summed E-state index contributed by atoms with van der Waals surface area (Å²) in [6.07, 6.45) is -3.56. The Morgan fingerprint density at radius 1 is 1.10 bits per heavy atom. The number of carbonyl (C=O) groups is 1. The maximum atomic E-state index is 12.8. The number of nitrogens with zero attached hydrogens (tertiary/aromatic N) is 2. The molecule has 8 heteroatoms. The molecule has 0 unspecified atom stereocenters. The van der Waals surface area contributed by atoms with E-state index in [1.807, 2.05) is 18.2 Å². The van der Waals surface area contributed by atoms with Crippen LogP contribution in [0.25, 0.3) is 0 Å². The third-order valence-corrected chi connectivity index (χ3v) is 4.83. The number of alkyl halides is 3. The van der Waals surface area contributed by atoms with Crippen LogP contribution in [0.4, 0.5) is 13.2 Å². The van der Waals surface area contributed by atoms with Crippen LogP contribution in [0.15, 0.2) is 53.5 Å². The van der Waals surface area contributed by atoms with Gasteiger partial charge in [-0.2, -0.15) is 13.2 Å². The Balaban J connectivity index is 1.50. The van der Waals surface area contributed by atoms with Gasteiger partial charge in [-0.1, -0.05) is 36.4 Å². The zero-order valence-corrected chi connectivity index (χ0v) is 16.1. The molecular weight excluding hydrogens is 381 g/mol. The normalized spacial score (nSPS) is 14.3. The molecule has 1 aliphatic rings. The molecule has 5 nitrogen and oxygen atoms in total. The molecule has 0 atom stereocenters. The van der Waals surface area contributed by atoms with E-state index in [2.05, 4.69) is 21.7 Å². The number of benzene rings is 2. The van der Waals surface area contributed by atoms with Crippen molar-refractivity contribution in [3.63, 3.8) is 0 Å². The fourth-order valence-electron chi connectivity index (χ4n) is 3.24. The summed E-state index contributed by atoms with van der Waals surface area (Å²) < 4.78 is 38.4. The number of rotatable bonds is 4. The highest BCUT2D eigenvalue weighted by Gasteiger charge is 2.30. The minimum atomic E-state index is -4.38. The predicted molar refractivity (Wildman–Crippen MR) is 105 cm³/mol. The Kier molecular flexibility index (Phi) is 6.41. The van der Waals surface area contributed by atoms with Gasteiger partial charge >= 0.3 is 6.18 Å². The van der Waals surface area contributed by atoms with Gasteiger partial charge in [0, 0.05) is 26.7 Å². The fraction of sp³-hybridized carbons (Fsp3) is 0.333. The molecule has 0 saturated heterocycles. The van der Waals surface area contributed by atoms with Gasteiger partial charge in [0.05, 0.1) is 12.1 Å². The van der Waals surface area contributed by atoms with Crippen molar-refractivity contribution in [1.29, 1.82) is 0 Å². The number of halogens is 3. The summed E-state index contributed by atoms with van der Waals surface area (Å²) >= 11 is 0. The maximum Gasteiger partial charge on any atom is 0.416 e. The Hall–Kier alpha value is -3.03. The lowest BCUT2D eigenvalue weighted by Crippen LogP contribution is -2.45. The number of carbonyl (C=O) groups excluding carboxylic acids is 1. The molecule has 29 heavy (non-hydrogen) atoms. The highest BCUT2D eigenvalue weighted by molar-refractivity contribution is 5.86. The monoisotopic (exact) mass is 404 g/mol. The molecule has 0 saturated carbocycles. The quantitative estimate of drug-likeness (QED) is 0.609. The summed E-state index contributed by atoms with van der Waals surface area (Å²) in [6.45, 7) is 1.46. The van der Waals surface area contributed by atoms with E-state index in [-0.39, 0.29) is 19.0 Å². The summed E-state index contributed by atoms with van der Waals surface area (Å²) in [6, 6.07) is 13.2. The SMILES string of the molecule is CN=C(NCC(=O)N1CCc2ccccc2C1)NCc1cccc(C(F)(F)F)c1. The van der Waals surface area contributed by atoms with Gasteiger partial charge in [0.15, 0.2) is 5.96 Å². The first kappa shape index (κ1) is 20.7. The van der Waals surface area contributed by atoms with E-state index in [0.29, 0.717) is 24.6 Å². The third-order valence-electron chi connectivity index (χ3n) is 4.83. The molecule has 2 N–H and O–H groups in total. The van der Waals surface area contributed by atoms with E-state index in [1.165, 1.54) is 11.6 Å². The maximum absolute atomic E-state index is 12.8. The molecule has 1 heterocycles. The number of fused-ring (bicyclic) bond motifs is 1. The van der Waals surface area contributed by atoms with Crippen molar-refractivity contribution >= 4 is 11.9 Å². The Morgan fingerprint density at radius 2 is 1.86 bits per heavy atom. The van der Waals surface area contributed by atoms with Gasteiger partial charge in [-0.05, 0) is 35.2 Å². The van der Waals surface area contributed by atoms with Crippen LogP contribution in [-0.2, 0) is 30.5 Å². The van der Waals surface area contributed by atoms with E-state index in [0.717, 1.165) is 24.1 Å². The summed E-state index contributed by atoms with van der Waals surface area (Å²) in [5, 5.41) is 5.87. The average molecular weight is 404 g/mol. The highest BCUT2D eigenvalue weighted by atomic mass is 19.4. The topological polar surface area (TPSA) is 56.7 Å². The van der Waals surface area contributed by atoms with Gasteiger partial charge in [-0.15, -0.1) is 0 Å². The molecule has 2 aromatic rings. The summed E-state index contributed by atoms with van der Waals surface area (Å²) in [5.41, 5.74) is 2.20.